The van der Waals surface area contributed by atoms with Crippen molar-refractivity contribution in [1.29, 1.82) is 0 Å². The van der Waals surface area contributed by atoms with Crippen molar-refractivity contribution in [2.45, 2.75) is 39.8 Å². The molecular formula is C21H23N3O3. The number of ether oxygens (including phenoxy) is 1. The van der Waals surface area contributed by atoms with Crippen LogP contribution < -0.4 is 10.1 Å². The number of benzene rings is 1. The smallest absolute Gasteiger partial charge is 0.253 e. The average molecular weight is 365 g/mol. The van der Waals surface area contributed by atoms with Gasteiger partial charge in [-0.15, -0.1) is 0 Å². The molecule has 0 radical (unpaired) electrons. The van der Waals surface area contributed by atoms with Crippen molar-refractivity contribution < 1.29 is 14.1 Å². The van der Waals surface area contributed by atoms with Gasteiger partial charge in [0.25, 0.3) is 5.91 Å². The Balaban J connectivity index is 1.70. The van der Waals surface area contributed by atoms with E-state index in [2.05, 4.69) is 15.5 Å². The molecule has 0 aliphatic carbocycles. The summed E-state index contributed by atoms with van der Waals surface area (Å²) in [5.41, 5.74) is 2.79. The fraction of sp³-hybridized carbons (Fsp3) is 0.286. The van der Waals surface area contributed by atoms with Gasteiger partial charge in [-0.3, -0.25) is 4.79 Å². The van der Waals surface area contributed by atoms with Gasteiger partial charge in [-0.25, -0.2) is 4.98 Å². The summed E-state index contributed by atoms with van der Waals surface area (Å²) in [5.74, 6) is 0.972. The van der Waals surface area contributed by atoms with Crippen LogP contribution in [0, 0.1) is 6.92 Å². The van der Waals surface area contributed by atoms with Gasteiger partial charge in [0.1, 0.15) is 18.1 Å². The lowest BCUT2D eigenvalue weighted by molar-refractivity contribution is 0.0919. The van der Waals surface area contributed by atoms with E-state index >= 15 is 0 Å². The van der Waals surface area contributed by atoms with Crippen LogP contribution >= 0.6 is 0 Å². The number of aromatic nitrogens is 2. The summed E-state index contributed by atoms with van der Waals surface area (Å²) in [6.45, 7) is 7.93. The van der Waals surface area contributed by atoms with E-state index in [1.807, 2.05) is 58.0 Å². The lowest BCUT2D eigenvalue weighted by Crippen LogP contribution is -2.40. The Labute approximate surface area is 158 Å². The van der Waals surface area contributed by atoms with Gasteiger partial charge in [0.15, 0.2) is 0 Å². The van der Waals surface area contributed by atoms with E-state index in [0.29, 0.717) is 17.2 Å². The van der Waals surface area contributed by atoms with Crippen LogP contribution in [0.1, 0.15) is 42.5 Å². The highest BCUT2D eigenvalue weighted by Gasteiger charge is 2.17. The predicted molar refractivity (Wildman–Crippen MR) is 102 cm³/mol. The fourth-order valence-corrected chi connectivity index (χ4v) is 2.54. The van der Waals surface area contributed by atoms with Gasteiger partial charge in [-0.05, 0) is 33.8 Å². The molecule has 0 bridgehead atoms. The molecular weight excluding hydrogens is 342 g/mol. The van der Waals surface area contributed by atoms with Crippen LogP contribution in [-0.4, -0.2) is 21.6 Å². The largest absolute Gasteiger partial charge is 0.473 e. The molecule has 0 aliphatic rings. The first-order valence-corrected chi connectivity index (χ1v) is 8.75. The van der Waals surface area contributed by atoms with E-state index < -0.39 is 0 Å². The second-order valence-electron chi connectivity index (χ2n) is 7.31. The summed E-state index contributed by atoms with van der Waals surface area (Å²) in [5, 5.41) is 7.04. The molecule has 6 heteroatoms. The maximum atomic E-state index is 12.1. The molecule has 3 aromatic rings. The second-order valence-corrected chi connectivity index (χ2v) is 7.31. The summed E-state index contributed by atoms with van der Waals surface area (Å²) in [6.07, 6.45) is 1.51. The number of rotatable bonds is 5. The molecule has 1 amide bonds. The molecule has 0 fully saturated rings. The Morgan fingerprint density at radius 2 is 1.89 bits per heavy atom. The van der Waals surface area contributed by atoms with E-state index in [0.717, 1.165) is 16.8 Å². The molecule has 27 heavy (non-hydrogen) atoms. The van der Waals surface area contributed by atoms with Crippen molar-refractivity contribution in [3.05, 3.63) is 65.5 Å². The van der Waals surface area contributed by atoms with Crippen molar-refractivity contribution >= 4 is 5.91 Å². The van der Waals surface area contributed by atoms with E-state index in [9.17, 15) is 4.79 Å². The molecule has 0 atom stereocenters. The second kappa shape index (κ2) is 7.61. The van der Waals surface area contributed by atoms with E-state index in [1.54, 1.807) is 12.1 Å². The molecule has 2 aromatic heterocycles. The quantitative estimate of drug-likeness (QED) is 0.735. The minimum absolute atomic E-state index is 0.164. The molecule has 140 valence electrons. The van der Waals surface area contributed by atoms with Gasteiger partial charge >= 0.3 is 0 Å². The number of pyridine rings is 1. The Bertz CT molecular complexity index is 910. The van der Waals surface area contributed by atoms with Gasteiger partial charge in [-0.2, -0.15) is 0 Å². The molecule has 0 unspecified atom stereocenters. The summed E-state index contributed by atoms with van der Waals surface area (Å²) in [4.78, 5) is 16.4. The van der Waals surface area contributed by atoms with Crippen molar-refractivity contribution in [2.24, 2.45) is 0 Å². The summed E-state index contributed by atoms with van der Waals surface area (Å²) < 4.78 is 11.1. The predicted octanol–water partition coefficient (Wildman–Crippen LogP) is 4.15. The molecule has 0 saturated heterocycles. The van der Waals surface area contributed by atoms with Crippen molar-refractivity contribution in [1.82, 2.24) is 15.5 Å². The van der Waals surface area contributed by atoms with Gasteiger partial charge in [0.2, 0.25) is 5.88 Å². The molecule has 0 spiro atoms. The van der Waals surface area contributed by atoms with Crippen molar-refractivity contribution in [3.63, 3.8) is 0 Å². The lowest BCUT2D eigenvalue weighted by Gasteiger charge is -2.20. The standard InChI is InChI=1S/C21H23N3O3/c1-14-17(19(24-27-14)15-8-6-5-7-9-15)13-26-18-11-10-16(12-22-18)20(25)23-21(2,3)4/h5-12H,13H2,1-4H3,(H,23,25). The summed E-state index contributed by atoms with van der Waals surface area (Å²) in [6, 6.07) is 13.2. The highest BCUT2D eigenvalue weighted by atomic mass is 16.5. The number of carbonyl (C=O) groups is 1. The third-order valence-electron chi connectivity index (χ3n) is 3.88. The number of aryl methyl sites for hydroxylation is 1. The molecule has 0 aliphatic heterocycles. The third kappa shape index (κ3) is 4.73. The normalized spacial score (nSPS) is 11.3. The first-order chi connectivity index (χ1) is 12.8. The van der Waals surface area contributed by atoms with Crippen LogP contribution in [0.3, 0.4) is 0 Å². The molecule has 1 aromatic carbocycles. The van der Waals surface area contributed by atoms with Crippen molar-refractivity contribution in [3.8, 4) is 17.1 Å². The molecule has 3 rings (SSSR count). The van der Waals surface area contributed by atoms with Crippen LogP contribution in [0.2, 0.25) is 0 Å². The lowest BCUT2D eigenvalue weighted by atomic mass is 10.1. The van der Waals surface area contributed by atoms with Crippen LogP contribution in [0.4, 0.5) is 0 Å². The molecule has 1 N–H and O–H groups in total. The number of hydrogen-bond acceptors (Lipinski definition) is 5. The van der Waals surface area contributed by atoms with E-state index in [4.69, 9.17) is 9.26 Å². The van der Waals surface area contributed by atoms with Gasteiger partial charge in [0, 0.05) is 23.4 Å². The van der Waals surface area contributed by atoms with Crippen LogP contribution in [0.15, 0.2) is 53.2 Å². The summed E-state index contributed by atoms with van der Waals surface area (Å²) >= 11 is 0. The zero-order valence-electron chi connectivity index (χ0n) is 15.9. The first-order valence-electron chi connectivity index (χ1n) is 8.75. The Kier molecular flexibility index (Phi) is 5.26. The maximum Gasteiger partial charge on any atom is 0.253 e. The van der Waals surface area contributed by atoms with Gasteiger partial charge < -0.3 is 14.6 Å². The zero-order valence-corrected chi connectivity index (χ0v) is 15.9. The fourth-order valence-electron chi connectivity index (χ4n) is 2.54. The van der Waals surface area contributed by atoms with Crippen LogP contribution in [0.5, 0.6) is 5.88 Å². The van der Waals surface area contributed by atoms with Gasteiger partial charge in [0.05, 0.1) is 11.1 Å². The number of nitrogens with one attached hydrogen (secondary N) is 1. The zero-order chi connectivity index (χ0) is 19.4. The Hall–Kier alpha value is -3.15. The van der Waals surface area contributed by atoms with Crippen molar-refractivity contribution in [2.75, 3.05) is 0 Å². The van der Waals surface area contributed by atoms with Crippen LogP contribution in [-0.2, 0) is 6.61 Å². The van der Waals surface area contributed by atoms with Crippen LogP contribution in [0.25, 0.3) is 11.3 Å². The molecule has 0 saturated carbocycles. The topological polar surface area (TPSA) is 77.2 Å². The highest BCUT2D eigenvalue weighted by Crippen LogP contribution is 2.26. The number of amides is 1. The number of nitrogens with zero attached hydrogens (tertiary/aromatic N) is 2. The maximum absolute atomic E-state index is 12.1. The SMILES string of the molecule is Cc1onc(-c2ccccc2)c1COc1ccc(C(=O)NC(C)(C)C)cn1. The highest BCUT2D eigenvalue weighted by molar-refractivity contribution is 5.94. The minimum Gasteiger partial charge on any atom is -0.473 e. The molecule has 6 nitrogen and oxygen atoms in total. The average Bonchev–Trinajstić information content (AvgIpc) is 3.00. The number of hydrogen-bond donors (Lipinski definition) is 1. The summed E-state index contributed by atoms with van der Waals surface area (Å²) in [7, 11) is 0. The third-order valence-corrected chi connectivity index (χ3v) is 3.88. The Morgan fingerprint density at radius 1 is 1.15 bits per heavy atom. The van der Waals surface area contributed by atoms with E-state index in [1.165, 1.54) is 6.20 Å². The van der Waals surface area contributed by atoms with Gasteiger partial charge in [-0.1, -0.05) is 35.5 Å². The van der Waals surface area contributed by atoms with E-state index in [-0.39, 0.29) is 18.1 Å². The Morgan fingerprint density at radius 3 is 2.52 bits per heavy atom. The molecule has 2 heterocycles. The first kappa shape index (κ1) is 18.6. The number of carbonyl (C=O) groups excluding carboxylic acids is 1. The minimum atomic E-state index is -0.300. The monoisotopic (exact) mass is 365 g/mol.